The van der Waals surface area contributed by atoms with Crippen molar-refractivity contribution in [3.8, 4) is 0 Å². The van der Waals surface area contributed by atoms with Crippen LogP contribution >= 0.6 is 0 Å². The standard InChI is InChI=1S/C10H12BF3NO.K/c12-11(13,14)9-1-3-10(4-2-9)15-5-7-16-8-6-15;/h1-4H,5-8H2;/q-1;+1. The van der Waals surface area contributed by atoms with Gasteiger partial charge in [-0.2, -0.15) is 0 Å². The zero-order valence-corrected chi connectivity index (χ0v) is 12.8. The number of halogens is 3. The Bertz CT molecular complexity index is 352. The molecule has 17 heavy (non-hydrogen) atoms. The number of rotatable bonds is 2. The maximum Gasteiger partial charge on any atom is 1.00 e. The SMILES string of the molecule is F[B-](F)(F)c1ccc(N2CCOCC2)cc1.[K+]. The van der Waals surface area contributed by atoms with Crippen LogP contribution in [0, 0.1) is 0 Å². The molecular weight excluding hydrogens is 257 g/mol. The molecule has 0 N–H and O–H groups in total. The maximum absolute atomic E-state index is 12.4. The zero-order valence-electron chi connectivity index (χ0n) is 9.70. The predicted molar refractivity (Wildman–Crippen MR) is 58.2 cm³/mol. The molecule has 0 atom stereocenters. The molecule has 1 aliphatic rings. The fraction of sp³-hybridized carbons (Fsp3) is 0.400. The van der Waals surface area contributed by atoms with Crippen LogP contribution in [0.3, 0.4) is 0 Å². The average Bonchev–Trinajstić information content (AvgIpc) is 2.29. The van der Waals surface area contributed by atoms with Gasteiger partial charge in [0, 0.05) is 18.8 Å². The molecule has 0 spiro atoms. The van der Waals surface area contributed by atoms with Crippen LogP contribution in [0.4, 0.5) is 18.6 Å². The van der Waals surface area contributed by atoms with E-state index in [9.17, 15) is 12.9 Å². The number of benzene rings is 1. The van der Waals surface area contributed by atoms with Crippen LogP contribution < -0.4 is 61.7 Å². The molecule has 1 saturated heterocycles. The molecule has 1 aromatic rings. The van der Waals surface area contributed by atoms with Crippen LogP contribution in [-0.4, -0.2) is 33.3 Å². The molecule has 0 saturated carbocycles. The van der Waals surface area contributed by atoms with Gasteiger partial charge in [0.2, 0.25) is 0 Å². The third-order valence-corrected chi connectivity index (χ3v) is 2.65. The first kappa shape index (κ1) is 15.5. The molecule has 0 aliphatic carbocycles. The van der Waals surface area contributed by atoms with Gasteiger partial charge < -0.3 is 22.6 Å². The van der Waals surface area contributed by atoms with E-state index in [1.54, 1.807) is 0 Å². The van der Waals surface area contributed by atoms with Crippen molar-refractivity contribution in [2.24, 2.45) is 0 Å². The minimum absolute atomic E-state index is 0. The molecule has 1 heterocycles. The minimum atomic E-state index is -4.89. The van der Waals surface area contributed by atoms with Crippen molar-refractivity contribution in [1.82, 2.24) is 0 Å². The monoisotopic (exact) mass is 269 g/mol. The fourth-order valence-electron chi connectivity index (χ4n) is 1.72. The van der Waals surface area contributed by atoms with Gasteiger partial charge in [-0.1, -0.05) is 12.1 Å². The van der Waals surface area contributed by atoms with E-state index in [1.165, 1.54) is 12.1 Å². The van der Waals surface area contributed by atoms with Gasteiger partial charge in [0.05, 0.1) is 13.2 Å². The molecular formula is C10H12BF3KNO. The summed E-state index contributed by atoms with van der Waals surface area (Å²) in [6.45, 7) is -2.16. The third-order valence-electron chi connectivity index (χ3n) is 2.65. The van der Waals surface area contributed by atoms with E-state index in [-0.39, 0.29) is 51.4 Å². The normalized spacial score (nSPS) is 16.5. The van der Waals surface area contributed by atoms with E-state index in [0.29, 0.717) is 13.2 Å². The molecule has 0 unspecified atom stereocenters. The Labute approximate surface area is 141 Å². The van der Waals surface area contributed by atoms with E-state index in [0.717, 1.165) is 30.9 Å². The number of ether oxygens (including phenoxy) is 1. The average molecular weight is 269 g/mol. The van der Waals surface area contributed by atoms with E-state index in [1.807, 2.05) is 4.90 Å². The summed E-state index contributed by atoms with van der Waals surface area (Å²) in [6, 6.07) is 5.33. The van der Waals surface area contributed by atoms with Gasteiger partial charge in [-0.15, -0.1) is 5.46 Å². The second kappa shape index (κ2) is 6.58. The number of morpholine rings is 1. The van der Waals surface area contributed by atoms with E-state index in [4.69, 9.17) is 4.74 Å². The second-order valence-electron chi connectivity index (χ2n) is 3.77. The summed E-state index contributed by atoms with van der Waals surface area (Å²) in [5, 5.41) is 0. The number of hydrogen-bond acceptors (Lipinski definition) is 2. The van der Waals surface area contributed by atoms with E-state index >= 15 is 0 Å². The summed E-state index contributed by atoms with van der Waals surface area (Å²) >= 11 is 0. The van der Waals surface area contributed by atoms with Crippen molar-refractivity contribution in [2.75, 3.05) is 31.2 Å². The Balaban J connectivity index is 0.00000144. The minimum Gasteiger partial charge on any atom is -0.445 e. The van der Waals surface area contributed by atoms with Crippen molar-refractivity contribution < 1.29 is 69.1 Å². The van der Waals surface area contributed by atoms with Crippen molar-refractivity contribution in [3.63, 3.8) is 0 Å². The Morgan fingerprint density at radius 2 is 1.53 bits per heavy atom. The van der Waals surface area contributed by atoms with Crippen molar-refractivity contribution in [1.29, 1.82) is 0 Å². The quantitative estimate of drug-likeness (QED) is 0.611. The molecule has 0 bridgehead atoms. The van der Waals surface area contributed by atoms with Crippen LogP contribution in [0.2, 0.25) is 0 Å². The number of anilines is 1. The molecule has 2 nitrogen and oxygen atoms in total. The summed E-state index contributed by atoms with van der Waals surface area (Å²) in [6.07, 6.45) is 0. The van der Waals surface area contributed by atoms with Gasteiger partial charge in [-0.25, -0.2) is 0 Å². The Kier molecular flexibility index (Phi) is 6.01. The first-order valence-electron chi connectivity index (χ1n) is 5.20. The molecule has 0 radical (unpaired) electrons. The van der Waals surface area contributed by atoms with Crippen LogP contribution in [0.1, 0.15) is 0 Å². The molecule has 0 aromatic heterocycles. The Morgan fingerprint density at radius 1 is 1.00 bits per heavy atom. The van der Waals surface area contributed by atoms with Crippen molar-refractivity contribution in [3.05, 3.63) is 24.3 Å². The van der Waals surface area contributed by atoms with Crippen molar-refractivity contribution >= 4 is 18.1 Å². The summed E-state index contributed by atoms with van der Waals surface area (Å²) in [5.41, 5.74) is 0.282. The van der Waals surface area contributed by atoms with Gasteiger partial charge in [-0.05, 0) is 12.1 Å². The fourth-order valence-corrected chi connectivity index (χ4v) is 1.72. The van der Waals surface area contributed by atoms with E-state index in [2.05, 4.69) is 0 Å². The zero-order chi connectivity index (χ0) is 11.6. The van der Waals surface area contributed by atoms with Gasteiger partial charge in [0.25, 0.3) is 0 Å². The molecule has 1 aromatic carbocycles. The van der Waals surface area contributed by atoms with Crippen LogP contribution in [0.25, 0.3) is 0 Å². The van der Waals surface area contributed by atoms with Crippen LogP contribution in [0.15, 0.2) is 24.3 Å². The predicted octanol–water partition coefficient (Wildman–Crippen LogP) is -1.42. The van der Waals surface area contributed by atoms with Crippen LogP contribution in [0.5, 0.6) is 0 Å². The number of hydrogen-bond donors (Lipinski definition) is 0. The largest absolute Gasteiger partial charge is 1.00 e. The summed E-state index contributed by atoms with van der Waals surface area (Å²) in [5.74, 6) is 0. The summed E-state index contributed by atoms with van der Waals surface area (Å²) < 4.78 is 42.4. The summed E-state index contributed by atoms with van der Waals surface area (Å²) in [7, 11) is 0. The summed E-state index contributed by atoms with van der Waals surface area (Å²) in [4.78, 5) is 2.02. The van der Waals surface area contributed by atoms with Crippen molar-refractivity contribution in [2.45, 2.75) is 0 Å². The molecule has 1 aliphatic heterocycles. The first-order valence-corrected chi connectivity index (χ1v) is 5.20. The third kappa shape index (κ3) is 4.26. The molecule has 7 heteroatoms. The van der Waals surface area contributed by atoms with Gasteiger partial charge in [-0.3, -0.25) is 0 Å². The smallest absolute Gasteiger partial charge is 0.445 e. The molecule has 0 amide bonds. The van der Waals surface area contributed by atoms with Gasteiger partial charge >= 0.3 is 58.4 Å². The maximum atomic E-state index is 12.4. The topological polar surface area (TPSA) is 12.5 Å². The Morgan fingerprint density at radius 3 is 2.00 bits per heavy atom. The molecule has 88 valence electrons. The number of nitrogens with zero attached hydrogens (tertiary/aromatic N) is 1. The molecule has 1 fully saturated rings. The second-order valence-corrected chi connectivity index (χ2v) is 3.77. The van der Waals surface area contributed by atoms with Gasteiger partial charge in [0.15, 0.2) is 0 Å². The first-order chi connectivity index (χ1) is 7.57. The van der Waals surface area contributed by atoms with Gasteiger partial charge in [0.1, 0.15) is 0 Å². The van der Waals surface area contributed by atoms with Crippen LogP contribution in [-0.2, 0) is 4.74 Å². The van der Waals surface area contributed by atoms with E-state index < -0.39 is 12.4 Å². The Hall–Kier alpha value is 0.471. The molecule has 2 rings (SSSR count).